The molecule has 1 saturated heterocycles. The van der Waals surface area contributed by atoms with Crippen LogP contribution in [-0.2, 0) is 4.79 Å². The van der Waals surface area contributed by atoms with Crippen LogP contribution in [0, 0.1) is 5.92 Å². The lowest BCUT2D eigenvalue weighted by atomic mass is 10.0. The summed E-state index contributed by atoms with van der Waals surface area (Å²) in [6.45, 7) is 9.01. The summed E-state index contributed by atoms with van der Waals surface area (Å²) in [6.07, 6.45) is 4.73. The SMILES string of the molecule is CCC(C)C(=O)N(CC)CC1CCCCN1. The van der Waals surface area contributed by atoms with Crippen LogP contribution in [0.1, 0.15) is 46.5 Å². The Labute approximate surface area is 99.6 Å². The molecule has 3 nitrogen and oxygen atoms in total. The first-order valence-electron chi connectivity index (χ1n) is 6.71. The van der Waals surface area contributed by atoms with Gasteiger partial charge in [0.15, 0.2) is 0 Å². The zero-order valence-corrected chi connectivity index (χ0v) is 11.0. The highest BCUT2D eigenvalue weighted by molar-refractivity contribution is 5.78. The number of rotatable bonds is 5. The molecule has 0 bridgehead atoms. The third-order valence-electron chi connectivity index (χ3n) is 3.58. The number of carbonyl (C=O) groups is 1. The first-order chi connectivity index (χ1) is 7.69. The van der Waals surface area contributed by atoms with Crippen molar-refractivity contribution < 1.29 is 4.79 Å². The van der Waals surface area contributed by atoms with E-state index in [-0.39, 0.29) is 5.92 Å². The largest absolute Gasteiger partial charge is 0.341 e. The predicted molar refractivity (Wildman–Crippen MR) is 67.4 cm³/mol. The number of amides is 1. The van der Waals surface area contributed by atoms with Crippen molar-refractivity contribution in [2.24, 2.45) is 5.92 Å². The minimum absolute atomic E-state index is 0.170. The Morgan fingerprint density at radius 1 is 1.44 bits per heavy atom. The first kappa shape index (κ1) is 13.5. The summed E-state index contributed by atoms with van der Waals surface area (Å²) in [6, 6.07) is 0.515. The number of likely N-dealkylation sites (N-methyl/N-ethyl adjacent to an activating group) is 1. The van der Waals surface area contributed by atoms with Crippen LogP contribution in [0.15, 0.2) is 0 Å². The van der Waals surface area contributed by atoms with Crippen molar-refractivity contribution in [2.75, 3.05) is 19.6 Å². The molecule has 1 N–H and O–H groups in total. The van der Waals surface area contributed by atoms with Gasteiger partial charge in [0, 0.05) is 25.0 Å². The van der Waals surface area contributed by atoms with Crippen molar-refractivity contribution in [3.63, 3.8) is 0 Å². The summed E-state index contributed by atoms with van der Waals surface area (Å²) in [7, 11) is 0. The fourth-order valence-electron chi connectivity index (χ4n) is 2.21. The van der Waals surface area contributed by atoms with Crippen LogP contribution in [-0.4, -0.2) is 36.5 Å². The highest BCUT2D eigenvalue weighted by Crippen LogP contribution is 2.11. The van der Waals surface area contributed by atoms with Gasteiger partial charge < -0.3 is 10.2 Å². The maximum Gasteiger partial charge on any atom is 0.225 e. The molecule has 0 saturated carbocycles. The smallest absolute Gasteiger partial charge is 0.225 e. The number of piperidine rings is 1. The average Bonchev–Trinajstić information content (AvgIpc) is 2.35. The summed E-state index contributed by atoms with van der Waals surface area (Å²) in [5.41, 5.74) is 0. The normalized spacial score (nSPS) is 22.8. The summed E-state index contributed by atoms with van der Waals surface area (Å²) in [5, 5.41) is 3.50. The summed E-state index contributed by atoms with van der Waals surface area (Å²) in [5.74, 6) is 0.487. The van der Waals surface area contributed by atoms with E-state index in [4.69, 9.17) is 0 Å². The van der Waals surface area contributed by atoms with E-state index in [1.54, 1.807) is 0 Å². The van der Waals surface area contributed by atoms with Gasteiger partial charge in [-0.2, -0.15) is 0 Å². The van der Waals surface area contributed by atoms with E-state index in [1.807, 2.05) is 11.8 Å². The van der Waals surface area contributed by atoms with Gasteiger partial charge in [-0.25, -0.2) is 0 Å². The van der Waals surface area contributed by atoms with E-state index in [0.29, 0.717) is 11.9 Å². The third-order valence-corrected chi connectivity index (χ3v) is 3.58. The Kier molecular flexibility index (Phi) is 5.81. The van der Waals surface area contributed by atoms with E-state index >= 15 is 0 Å². The molecule has 16 heavy (non-hydrogen) atoms. The molecule has 1 heterocycles. The second kappa shape index (κ2) is 6.89. The van der Waals surface area contributed by atoms with Crippen LogP contribution in [0.25, 0.3) is 0 Å². The number of hydrogen-bond acceptors (Lipinski definition) is 2. The number of nitrogens with zero attached hydrogens (tertiary/aromatic N) is 1. The number of carbonyl (C=O) groups excluding carboxylic acids is 1. The van der Waals surface area contributed by atoms with Gasteiger partial charge in [0.05, 0.1) is 0 Å². The molecular weight excluding hydrogens is 200 g/mol. The van der Waals surface area contributed by atoms with Crippen LogP contribution in [0.4, 0.5) is 0 Å². The van der Waals surface area contributed by atoms with Crippen molar-refractivity contribution in [3.8, 4) is 0 Å². The Balaban J connectivity index is 2.43. The van der Waals surface area contributed by atoms with E-state index in [2.05, 4.69) is 19.2 Å². The highest BCUT2D eigenvalue weighted by Gasteiger charge is 2.22. The highest BCUT2D eigenvalue weighted by atomic mass is 16.2. The molecular formula is C13H26N2O. The molecule has 0 radical (unpaired) electrons. The molecule has 0 aliphatic carbocycles. The molecule has 1 rings (SSSR count). The Morgan fingerprint density at radius 3 is 2.69 bits per heavy atom. The van der Waals surface area contributed by atoms with E-state index in [0.717, 1.165) is 26.1 Å². The molecule has 0 aromatic heterocycles. The maximum atomic E-state index is 12.1. The lowest BCUT2D eigenvalue weighted by Crippen LogP contribution is -2.47. The standard InChI is InChI=1S/C13H26N2O/c1-4-11(3)13(16)15(5-2)10-12-8-6-7-9-14-12/h11-12,14H,4-10H2,1-3H3. The topological polar surface area (TPSA) is 32.3 Å². The van der Waals surface area contributed by atoms with E-state index in [9.17, 15) is 4.79 Å². The lowest BCUT2D eigenvalue weighted by Gasteiger charge is -2.31. The van der Waals surface area contributed by atoms with E-state index < -0.39 is 0 Å². The Morgan fingerprint density at radius 2 is 2.19 bits per heavy atom. The Bertz CT molecular complexity index is 212. The van der Waals surface area contributed by atoms with Gasteiger partial charge in [0.1, 0.15) is 0 Å². The van der Waals surface area contributed by atoms with Crippen LogP contribution in [0.5, 0.6) is 0 Å². The Hall–Kier alpha value is -0.570. The van der Waals surface area contributed by atoms with Gasteiger partial charge in [-0.15, -0.1) is 0 Å². The van der Waals surface area contributed by atoms with Crippen molar-refractivity contribution in [3.05, 3.63) is 0 Å². The second-order valence-corrected chi connectivity index (χ2v) is 4.83. The fraction of sp³-hybridized carbons (Fsp3) is 0.923. The minimum atomic E-state index is 0.170. The molecule has 1 amide bonds. The maximum absolute atomic E-state index is 12.1. The zero-order valence-electron chi connectivity index (χ0n) is 11.0. The van der Waals surface area contributed by atoms with Crippen molar-refractivity contribution in [2.45, 2.75) is 52.5 Å². The second-order valence-electron chi connectivity index (χ2n) is 4.83. The quantitative estimate of drug-likeness (QED) is 0.778. The summed E-state index contributed by atoms with van der Waals surface area (Å²) >= 11 is 0. The predicted octanol–water partition coefficient (Wildman–Crippen LogP) is 2.02. The molecule has 0 aromatic rings. The summed E-state index contributed by atoms with van der Waals surface area (Å²) < 4.78 is 0. The third kappa shape index (κ3) is 3.78. The van der Waals surface area contributed by atoms with Gasteiger partial charge in [0.2, 0.25) is 5.91 Å². The van der Waals surface area contributed by atoms with Gasteiger partial charge in [0.25, 0.3) is 0 Å². The van der Waals surface area contributed by atoms with Gasteiger partial charge in [-0.1, -0.05) is 20.3 Å². The van der Waals surface area contributed by atoms with Gasteiger partial charge >= 0.3 is 0 Å². The molecule has 3 heteroatoms. The number of hydrogen-bond donors (Lipinski definition) is 1. The zero-order chi connectivity index (χ0) is 12.0. The molecule has 1 aliphatic heterocycles. The fourth-order valence-corrected chi connectivity index (χ4v) is 2.21. The van der Waals surface area contributed by atoms with Gasteiger partial charge in [-0.05, 0) is 32.7 Å². The lowest BCUT2D eigenvalue weighted by molar-refractivity contribution is -0.135. The molecule has 0 aromatic carbocycles. The average molecular weight is 226 g/mol. The van der Waals surface area contributed by atoms with Crippen molar-refractivity contribution >= 4 is 5.91 Å². The minimum Gasteiger partial charge on any atom is -0.341 e. The van der Waals surface area contributed by atoms with Gasteiger partial charge in [-0.3, -0.25) is 4.79 Å². The van der Waals surface area contributed by atoms with Crippen LogP contribution < -0.4 is 5.32 Å². The monoisotopic (exact) mass is 226 g/mol. The molecule has 94 valence electrons. The first-order valence-corrected chi connectivity index (χ1v) is 6.71. The van der Waals surface area contributed by atoms with Crippen molar-refractivity contribution in [1.82, 2.24) is 10.2 Å². The molecule has 2 atom stereocenters. The molecule has 1 aliphatic rings. The van der Waals surface area contributed by atoms with E-state index in [1.165, 1.54) is 19.3 Å². The number of nitrogens with one attached hydrogen (secondary N) is 1. The molecule has 2 unspecified atom stereocenters. The summed E-state index contributed by atoms with van der Waals surface area (Å²) in [4.78, 5) is 14.1. The molecule has 0 spiro atoms. The molecule has 1 fully saturated rings. The van der Waals surface area contributed by atoms with Crippen LogP contribution in [0.2, 0.25) is 0 Å². The van der Waals surface area contributed by atoms with Crippen molar-refractivity contribution in [1.29, 1.82) is 0 Å². The van der Waals surface area contributed by atoms with Crippen LogP contribution in [0.3, 0.4) is 0 Å². The van der Waals surface area contributed by atoms with Crippen LogP contribution >= 0.6 is 0 Å².